The minimum Gasteiger partial charge on any atom is -0.346 e. The molecule has 0 spiro atoms. The van der Waals surface area contributed by atoms with Crippen LogP contribution in [0.15, 0.2) is 17.0 Å². The Bertz CT molecular complexity index is 604. The Kier molecular flexibility index (Phi) is 4.48. The molecular weight excluding hydrogens is 292 g/mol. The highest BCUT2D eigenvalue weighted by atomic mass is 32.2. The Morgan fingerprint density at radius 3 is 2.37 bits per heavy atom. The van der Waals surface area contributed by atoms with Crippen molar-refractivity contribution in [2.45, 2.75) is 11.3 Å². The second-order valence-electron chi connectivity index (χ2n) is 3.38. The first-order valence-corrected chi connectivity index (χ1v) is 6.26. The summed E-state index contributed by atoms with van der Waals surface area (Å²) in [5.41, 5.74) is -1.29. The number of benzene rings is 1. The molecule has 1 amide bonds. The van der Waals surface area contributed by atoms with E-state index < -0.39 is 51.0 Å². The number of alkyl halides is 2. The number of hydrogen-bond acceptors (Lipinski definition) is 3. The van der Waals surface area contributed by atoms with Gasteiger partial charge in [-0.3, -0.25) is 4.79 Å². The first kappa shape index (κ1) is 15.4. The van der Waals surface area contributed by atoms with Crippen LogP contribution in [0.1, 0.15) is 10.4 Å². The highest BCUT2D eigenvalue weighted by Gasteiger charge is 2.25. The molecule has 0 radical (unpaired) electrons. The Labute approximate surface area is 105 Å². The molecule has 5 nitrogen and oxygen atoms in total. The lowest BCUT2D eigenvalue weighted by atomic mass is 10.2. The smallest absolute Gasteiger partial charge is 0.257 e. The van der Waals surface area contributed by atoms with Crippen molar-refractivity contribution in [3.63, 3.8) is 0 Å². The lowest BCUT2D eigenvalue weighted by Crippen LogP contribution is -2.30. The van der Waals surface area contributed by atoms with Crippen molar-refractivity contribution in [2.75, 3.05) is 6.54 Å². The normalized spacial score (nSPS) is 11.7. The number of rotatable bonds is 4. The standard InChI is InChI=1S/C9H8F4N2O3S/c10-4-1-2-5(19(14,17)18)8(13)7(4)9(16)15-3-6(11)12/h1-2,6H,3H2,(H,15,16)(H2,14,17,18). The molecule has 0 saturated carbocycles. The molecule has 0 aliphatic heterocycles. The van der Waals surface area contributed by atoms with Crippen LogP contribution in [0, 0.1) is 11.6 Å². The van der Waals surface area contributed by atoms with Crippen LogP contribution in [-0.2, 0) is 10.0 Å². The van der Waals surface area contributed by atoms with Gasteiger partial charge < -0.3 is 5.32 Å². The van der Waals surface area contributed by atoms with Gasteiger partial charge in [-0.05, 0) is 12.1 Å². The van der Waals surface area contributed by atoms with E-state index >= 15 is 0 Å². The van der Waals surface area contributed by atoms with Crippen LogP contribution >= 0.6 is 0 Å². The highest BCUT2D eigenvalue weighted by Crippen LogP contribution is 2.20. The molecule has 1 rings (SSSR count). The summed E-state index contributed by atoms with van der Waals surface area (Å²) < 4.78 is 72.6. The first-order valence-electron chi connectivity index (χ1n) is 4.71. The van der Waals surface area contributed by atoms with Crippen molar-refractivity contribution in [1.29, 1.82) is 0 Å². The topological polar surface area (TPSA) is 89.3 Å². The number of sulfonamides is 1. The molecule has 106 valence electrons. The average Bonchev–Trinajstić information content (AvgIpc) is 2.24. The van der Waals surface area contributed by atoms with Crippen molar-refractivity contribution in [2.24, 2.45) is 5.14 Å². The van der Waals surface area contributed by atoms with E-state index in [1.54, 1.807) is 5.32 Å². The highest BCUT2D eigenvalue weighted by molar-refractivity contribution is 7.89. The number of halogens is 4. The van der Waals surface area contributed by atoms with Crippen LogP contribution in [0.2, 0.25) is 0 Å². The Hall–Kier alpha value is -1.68. The molecule has 1 aromatic rings. The molecule has 0 aromatic heterocycles. The van der Waals surface area contributed by atoms with Crippen LogP contribution in [-0.4, -0.2) is 27.3 Å². The molecule has 0 bridgehead atoms. The van der Waals surface area contributed by atoms with Crippen LogP contribution < -0.4 is 10.5 Å². The number of nitrogens with two attached hydrogens (primary N) is 1. The fourth-order valence-corrected chi connectivity index (χ4v) is 1.83. The van der Waals surface area contributed by atoms with E-state index in [9.17, 15) is 30.8 Å². The van der Waals surface area contributed by atoms with Gasteiger partial charge in [0.25, 0.3) is 12.3 Å². The third-order valence-electron chi connectivity index (χ3n) is 2.01. The zero-order valence-corrected chi connectivity index (χ0v) is 9.98. The van der Waals surface area contributed by atoms with E-state index in [4.69, 9.17) is 0 Å². The number of primary sulfonamides is 1. The first-order chi connectivity index (χ1) is 8.64. The number of carbonyl (C=O) groups is 1. The Balaban J connectivity index is 3.24. The van der Waals surface area contributed by atoms with Gasteiger partial charge in [0.15, 0.2) is 5.82 Å². The molecule has 10 heteroatoms. The molecule has 0 fully saturated rings. The van der Waals surface area contributed by atoms with Crippen molar-refractivity contribution >= 4 is 15.9 Å². The Morgan fingerprint density at radius 2 is 1.89 bits per heavy atom. The van der Waals surface area contributed by atoms with Gasteiger partial charge in [0.05, 0.1) is 6.54 Å². The second-order valence-corrected chi connectivity index (χ2v) is 4.91. The SMILES string of the molecule is NS(=O)(=O)c1ccc(F)c(C(=O)NCC(F)F)c1F. The van der Waals surface area contributed by atoms with E-state index in [1.165, 1.54) is 0 Å². The quantitative estimate of drug-likeness (QED) is 0.798. The maximum Gasteiger partial charge on any atom is 0.257 e. The van der Waals surface area contributed by atoms with Crippen LogP contribution in [0.4, 0.5) is 17.6 Å². The number of amides is 1. The van der Waals surface area contributed by atoms with E-state index in [0.29, 0.717) is 12.1 Å². The molecule has 0 aliphatic carbocycles. The lowest BCUT2D eigenvalue weighted by molar-refractivity contribution is 0.0883. The van der Waals surface area contributed by atoms with Gasteiger partial charge in [-0.2, -0.15) is 0 Å². The summed E-state index contributed by atoms with van der Waals surface area (Å²) in [7, 11) is -4.51. The zero-order chi connectivity index (χ0) is 14.8. The molecular formula is C9H8F4N2O3S. The molecule has 0 saturated heterocycles. The number of nitrogens with one attached hydrogen (secondary N) is 1. The van der Waals surface area contributed by atoms with E-state index in [-0.39, 0.29) is 0 Å². The van der Waals surface area contributed by atoms with Gasteiger partial charge in [-0.15, -0.1) is 0 Å². The fraction of sp³-hybridized carbons (Fsp3) is 0.222. The van der Waals surface area contributed by atoms with Gasteiger partial charge in [-0.25, -0.2) is 31.1 Å². The summed E-state index contributed by atoms with van der Waals surface area (Å²) in [6, 6.07) is 1.03. The van der Waals surface area contributed by atoms with Crippen LogP contribution in [0.5, 0.6) is 0 Å². The third-order valence-corrected chi connectivity index (χ3v) is 2.93. The lowest BCUT2D eigenvalue weighted by Gasteiger charge is -2.09. The van der Waals surface area contributed by atoms with Gasteiger partial charge in [-0.1, -0.05) is 0 Å². The molecule has 19 heavy (non-hydrogen) atoms. The summed E-state index contributed by atoms with van der Waals surface area (Å²) >= 11 is 0. The van der Waals surface area contributed by atoms with Crippen molar-refractivity contribution < 1.29 is 30.8 Å². The van der Waals surface area contributed by atoms with Gasteiger partial charge in [0.1, 0.15) is 16.3 Å². The molecule has 0 atom stereocenters. The third kappa shape index (κ3) is 3.64. The molecule has 0 aliphatic rings. The zero-order valence-electron chi connectivity index (χ0n) is 9.16. The predicted octanol–water partition coefficient (Wildman–Crippen LogP) is 0.607. The Morgan fingerprint density at radius 1 is 1.32 bits per heavy atom. The minimum atomic E-state index is -4.51. The summed E-state index contributed by atoms with van der Waals surface area (Å²) in [6.07, 6.45) is -2.92. The second kappa shape index (κ2) is 5.53. The van der Waals surface area contributed by atoms with Gasteiger partial charge >= 0.3 is 0 Å². The summed E-state index contributed by atoms with van der Waals surface area (Å²) in [6.45, 7) is -1.13. The van der Waals surface area contributed by atoms with E-state index in [0.717, 1.165) is 0 Å². The fourth-order valence-electron chi connectivity index (χ4n) is 1.22. The largest absolute Gasteiger partial charge is 0.346 e. The van der Waals surface area contributed by atoms with Crippen molar-refractivity contribution in [1.82, 2.24) is 5.32 Å². The summed E-state index contributed by atoms with van der Waals surface area (Å²) in [4.78, 5) is 10.2. The van der Waals surface area contributed by atoms with Gasteiger partial charge in [0, 0.05) is 0 Å². The van der Waals surface area contributed by atoms with Crippen LogP contribution in [0.3, 0.4) is 0 Å². The van der Waals surface area contributed by atoms with Crippen LogP contribution in [0.25, 0.3) is 0 Å². The van der Waals surface area contributed by atoms with Crippen molar-refractivity contribution in [3.05, 3.63) is 29.3 Å². The number of hydrogen-bond donors (Lipinski definition) is 2. The molecule has 0 heterocycles. The maximum atomic E-state index is 13.7. The molecule has 1 aromatic carbocycles. The predicted molar refractivity (Wildman–Crippen MR) is 56.1 cm³/mol. The minimum absolute atomic E-state index is 0.500. The average molecular weight is 300 g/mol. The monoisotopic (exact) mass is 300 g/mol. The van der Waals surface area contributed by atoms with Gasteiger partial charge in [0.2, 0.25) is 10.0 Å². The van der Waals surface area contributed by atoms with Crippen molar-refractivity contribution in [3.8, 4) is 0 Å². The van der Waals surface area contributed by atoms with E-state index in [2.05, 4.69) is 5.14 Å². The summed E-state index contributed by atoms with van der Waals surface area (Å²) in [5.74, 6) is -4.62. The maximum absolute atomic E-state index is 13.7. The molecule has 0 unspecified atom stereocenters. The number of carbonyl (C=O) groups excluding carboxylic acids is 1. The van der Waals surface area contributed by atoms with E-state index in [1.807, 2.05) is 0 Å². The summed E-state index contributed by atoms with van der Waals surface area (Å²) in [5, 5.41) is 6.21. The molecule has 3 N–H and O–H groups in total.